The molecule has 2 unspecified atom stereocenters. The summed E-state index contributed by atoms with van der Waals surface area (Å²) in [6.45, 7) is 14.4. The van der Waals surface area contributed by atoms with Gasteiger partial charge in [-0.3, -0.25) is 20.4 Å². The van der Waals surface area contributed by atoms with E-state index in [1.54, 1.807) is 21.9 Å². The molecule has 59 heavy (non-hydrogen) atoms. The van der Waals surface area contributed by atoms with Crippen molar-refractivity contribution in [2.75, 3.05) is 29.6 Å². The van der Waals surface area contributed by atoms with Gasteiger partial charge < -0.3 is 38.7 Å². The molecule has 2 fully saturated rings. The van der Waals surface area contributed by atoms with E-state index >= 15 is 0 Å². The lowest BCUT2D eigenvalue weighted by Gasteiger charge is -2.32. The third-order valence-electron chi connectivity index (χ3n) is 11.0. The zero-order chi connectivity index (χ0) is 41.8. The zero-order valence-electron chi connectivity index (χ0n) is 34.2. The highest BCUT2D eigenvalue weighted by Crippen LogP contribution is 2.44. The second kappa shape index (κ2) is 14.9. The van der Waals surface area contributed by atoms with Gasteiger partial charge >= 0.3 is 0 Å². The highest BCUT2D eigenvalue weighted by atomic mass is 16.5. The highest BCUT2D eigenvalue weighted by Gasteiger charge is 2.54. The van der Waals surface area contributed by atoms with Crippen LogP contribution in [0.5, 0.6) is 23.0 Å². The molecule has 0 radical (unpaired) electrons. The van der Waals surface area contributed by atoms with Crippen molar-refractivity contribution >= 4 is 56.7 Å². The monoisotopic (exact) mass is 796 g/mol. The molecule has 4 aromatic carbocycles. The van der Waals surface area contributed by atoms with Crippen LogP contribution in [-0.2, 0) is 16.2 Å². The molecule has 2 atom stereocenters. The molecule has 8 rings (SSSR count). The molecule has 14 nitrogen and oxygen atoms in total. The van der Waals surface area contributed by atoms with Crippen molar-refractivity contribution in [3.05, 3.63) is 96.1 Å². The molecule has 0 bridgehead atoms. The Labute approximate surface area is 341 Å². The average Bonchev–Trinajstić information content (AvgIpc) is 3.89. The van der Waals surface area contributed by atoms with Gasteiger partial charge in [-0.1, -0.05) is 18.2 Å². The minimum absolute atomic E-state index is 0.101. The van der Waals surface area contributed by atoms with Gasteiger partial charge in [-0.05, 0) is 78.3 Å². The molecule has 2 saturated heterocycles. The molecule has 4 N–H and O–H groups in total. The number of hydrogen-bond donors (Lipinski definition) is 4. The first-order chi connectivity index (χ1) is 28.2. The maximum atomic E-state index is 14.1. The molecule has 2 aromatic heterocycles. The van der Waals surface area contributed by atoms with Crippen LogP contribution in [0.2, 0.25) is 0 Å². The number of imidazole rings is 2. The van der Waals surface area contributed by atoms with E-state index in [9.17, 15) is 20.4 Å². The van der Waals surface area contributed by atoms with E-state index in [4.69, 9.17) is 23.9 Å². The number of carbonyl (C=O) groups excluding carboxylic acids is 2. The number of aromatic nitrogens is 4. The minimum Gasteiger partial charge on any atom is -0.494 e. The molecule has 2 aliphatic rings. The number of anilines is 2. The normalized spacial score (nSPS) is 18.7. The van der Waals surface area contributed by atoms with Crippen LogP contribution in [-0.4, -0.2) is 74.1 Å². The van der Waals surface area contributed by atoms with E-state index in [0.29, 0.717) is 76.9 Å². The van der Waals surface area contributed by atoms with Crippen LogP contribution in [0.25, 0.3) is 22.1 Å². The lowest BCUT2D eigenvalue weighted by Crippen LogP contribution is -2.44. The quantitative estimate of drug-likeness (QED) is 0.0892. The lowest BCUT2D eigenvalue weighted by molar-refractivity contribution is -0.122. The summed E-state index contributed by atoms with van der Waals surface area (Å²) in [5.74, 6) is 1.14. The van der Waals surface area contributed by atoms with Crippen molar-refractivity contribution in [3.8, 4) is 23.0 Å². The van der Waals surface area contributed by atoms with Crippen LogP contribution >= 0.6 is 0 Å². The van der Waals surface area contributed by atoms with Crippen molar-refractivity contribution in [1.82, 2.24) is 19.9 Å². The molecule has 0 aliphatic carbocycles. The Kier molecular flexibility index (Phi) is 9.89. The molecule has 304 valence electrons. The molecular weight excluding hydrogens is 749 g/mol. The van der Waals surface area contributed by atoms with Gasteiger partial charge in [-0.15, -0.1) is 0 Å². The number of aromatic amines is 2. The van der Waals surface area contributed by atoms with E-state index in [0.717, 1.165) is 16.6 Å². The summed E-state index contributed by atoms with van der Waals surface area (Å²) in [6, 6.07) is 24.1. The fourth-order valence-electron chi connectivity index (χ4n) is 8.25. The first kappa shape index (κ1) is 39.1. The number of nitrogens with one attached hydrogen (secondary N) is 4. The number of rotatable bonds is 13. The largest absolute Gasteiger partial charge is 0.494 e. The van der Waals surface area contributed by atoms with Crippen LogP contribution in [0.1, 0.15) is 77.5 Å². The van der Waals surface area contributed by atoms with E-state index in [2.05, 4.69) is 15.0 Å². The van der Waals surface area contributed by atoms with Gasteiger partial charge in [-0.2, -0.15) is 0 Å². The molecule has 0 amide bonds. The van der Waals surface area contributed by atoms with Gasteiger partial charge in [0.15, 0.2) is 11.6 Å². The van der Waals surface area contributed by atoms with Crippen LogP contribution in [0.3, 0.4) is 0 Å². The maximum absolute atomic E-state index is 14.1. The van der Waals surface area contributed by atoms with Crippen molar-refractivity contribution in [2.45, 2.75) is 78.0 Å². The molecular formula is C45H48N8O6. The summed E-state index contributed by atoms with van der Waals surface area (Å²) in [4.78, 5) is 47.5. The van der Waals surface area contributed by atoms with E-state index in [1.165, 1.54) is 0 Å². The summed E-state index contributed by atoms with van der Waals surface area (Å²) in [5.41, 5.74) is 2.81. The number of ether oxygens (including phenoxy) is 4. The van der Waals surface area contributed by atoms with Gasteiger partial charge in [0.05, 0.1) is 53.3 Å². The van der Waals surface area contributed by atoms with Gasteiger partial charge in [0.2, 0.25) is 0 Å². The maximum Gasteiger partial charge on any atom is 0.176 e. The number of ketones is 2. The molecule has 6 aromatic rings. The number of Topliss-reactive ketones (excluding diaryl/α,β-unsaturated/α-hetero) is 2. The standard InChI is InChI=1S/C45H48N8O6/c1-8-56-28-18-26(19-29(22-28)57-9-2)52-41(47)37(39(55)45(52,6)7)43-50-34-16-15-25(17-35(34)51-43)24-59-31-21-27(20-30(23-31)58-10-3)53-40(46)36(38(54)44(53,4)5)42-48-32-13-11-12-14-33(32)49-42/h11-23,36-37,46-47H,8-10,24H2,1-7H3,(H,48,49)(H,50,51). The number of para-hydroxylation sites is 2. The third-order valence-corrected chi connectivity index (χ3v) is 11.0. The van der Waals surface area contributed by atoms with Crippen molar-refractivity contribution in [2.24, 2.45) is 0 Å². The Morgan fingerprint density at radius 1 is 0.593 bits per heavy atom. The van der Waals surface area contributed by atoms with E-state index in [1.807, 2.05) is 115 Å². The molecule has 2 aliphatic heterocycles. The first-order valence-electron chi connectivity index (χ1n) is 19.9. The molecule has 0 saturated carbocycles. The van der Waals surface area contributed by atoms with Gasteiger partial charge in [0.1, 0.15) is 75.8 Å². The number of amidine groups is 2. The Hall–Kier alpha value is -6.70. The predicted octanol–water partition coefficient (Wildman–Crippen LogP) is 8.07. The smallest absolute Gasteiger partial charge is 0.176 e. The SMILES string of the molecule is CCOc1cc(OCC)cc(N2C(=N)C(c3nc4ccc(COc5cc(OCC)cc(N6C(=N)C(c7nc8ccccc8[nH]7)C(=O)C6(C)C)c5)cc4[nH]3)C(=O)C2(C)C)c1. The lowest BCUT2D eigenvalue weighted by atomic mass is 9.93. The summed E-state index contributed by atoms with van der Waals surface area (Å²) in [5, 5.41) is 18.6. The Morgan fingerprint density at radius 3 is 1.51 bits per heavy atom. The van der Waals surface area contributed by atoms with Gasteiger partial charge in [-0.25, -0.2) is 9.97 Å². The number of carbonyl (C=O) groups is 2. The van der Waals surface area contributed by atoms with Crippen molar-refractivity contribution in [1.29, 1.82) is 10.8 Å². The molecule has 14 heteroatoms. The Bertz CT molecular complexity index is 2590. The summed E-state index contributed by atoms with van der Waals surface area (Å²) >= 11 is 0. The summed E-state index contributed by atoms with van der Waals surface area (Å²) < 4.78 is 23.9. The van der Waals surface area contributed by atoms with Gasteiger partial charge in [0.25, 0.3) is 0 Å². The van der Waals surface area contributed by atoms with Crippen molar-refractivity contribution in [3.63, 3.8) is 0 Å². The number of H-pyrrole nitrogens is 2. The fourth-order valence-corrected chi connectivity index (χ4v) is 8.25. The molecule has 0 spiro atoms. The third kappa shape index (κ3) is 6.81. The van der Waals surface area contributed by atoms with Crippen LogP contribution in [0, 0.1) is 10.8 Å². The second-order valence-electron chi connectivity index (χ2n) is 15.7. The Morgan fingerprint density at radius 2 is 1.03 bits per heavy atom. The predicted molar refractivity (Wildman–Crippen MR) is 227 cm³/mol. The number of nitrogens with zero attached hydrogens (tertiary/aromatic N) is 4. The van der Waals surface area contributed by atoms with Crippen LogP contribution in [0.15, 0.2) is 78.9 Å². The van der Waals surface area contributed by atoms with Crippen LogP contribution < -0.4 is 28.7 Å². The van der Waals surface area contributed by atoms with Gasteiger partial charge in [0, 0.05) is 36.4 Å². The number of fused-ring (bicyclic) bond motifs is 2. The van der Waals surface area contributed by atoms with Crippen LogP contribution in [0.4, 0.5) is 11.4 Å². The minimum atomic E-state index is -1.06. The molecule has 4 heterocycles. The first-order valence-corrected chi connectivity index (χ1v) is 19.9. The second-order valence-corrected chi connectivity index (χ2v) is 15.7. The fraction of sp³-hybridized carbons (Fsp3) is 0.333. The summed E-state index contributed by atoms with van der Waals surface area (Å²) in [6.07, 6.45) is 0. The Balaban J connectivity index is 1.04. The number of benzene rings is 4. The zero-order valence-corrected chi connectivity index (χ0v) is 34.2. The highest BCUT2D eigenvalue weighted by molar-refractivity contribution is 6.26. The van der Waals surface area contributed by atoms with E-state index in [-0.39, 0.29) is 29.8 Å². The van der Waals surface area contributed by atoms with E-state index < -0.39 is 22.9 Å². The van der Waals surface area contributed by atoms with Crippen molar-refractivity contribution < 1.29 is 28.5 Å². The number of hydrogen-bond acceptors (Lipinski definition) is 10. The average molecular weight is 797 g/mol. The summed E-state index contributed by atoms with van der Waals surface area (Å²) in [7, 11) is 0. The topological polar surface area (TPSA) is 183 Å².